The van der Waals surface area contributed by atoms with E-state index in [9.17, 15) is 18.4 Å². The Balaban J connectivity index is 1.78. The molecule has 0 aliphatic carbocycles. The molecule has 0 unspecified atom stereocenters. The maximum Gasteiger partial charge on any atom is 0.238 e. The zero-order valence-electron chi connectivity index (χ0n) is 16.0. The largest absolute Gasteiger partial charge is 0.326 e. The molecule has 0 spiro atoms. The lowest BCUT2D eigenvalue weighted by Crippen LogP contribution is -2.28. The van der Waals surface area contributed by atoms with Crippen LogP contribution in [0.3, 0.4) is 0 Å². The predicted octanol–water partition coefficient (Wildman–Crippen LogP) is 5.12. The molecular weight excluding hydrogens is 382 g/mol. The van der Waals surface area contributed by atoms with Crippen LogP contribution in [-0.2, 0) is 9.59 Å². The van der Waals surface area contributed by atoms with Crippen molar-refractivity contribution in [2.24, 2.45) is 5.41 Å². The van der Waals surface area contributed by atoms with Gasteiger partial charge >= 0.3 is 0 Å². The quantitative estimate of drug-likeness (QED) is 0.770. The number of carbonyl (C=O) groups is 2. The number of thioether (sulfide) groups is 1. The van der Waals surface area contributed by atoms with Crippen molar-refractivity contribution in [3.05, 3.63) is 59.7 Å². The maximum absolute atomic E-state index is 14.2. The standard InChI is InChI=1S/C21H22F2N2O2S/c1-21(2,3)11-18(26)24-15-7-4-13(5-8-15)20-25(19(27)12-28-20)17-9-6-14(22)10-16(17)23/h4-10,20H,11-12H2,1-3H3,(H,24,26)/t20-/m1/s1. The molecule has 0 bridgehead atoms. The molecule has 1 aliphatic rings. The van der Waals surface area contributed by atoms with Gasteiger partial charge < -0.3 is 5.32 Å². The summed E-state index contributed by atoms with van der Waals surface area (Å²) in [6.45, 7) is 5.98. The highest BCUT2D eigenvalue weighted by Crippen LogP contribution is 2.42. The van der Waals surface area contributed by atoms with Gasteiger partial charge in [-0.3, -0.25) is 14.5 Å². The van der Waals surface area contributed by atoms with Gasteiger partial charge in [0.05, 0.1) is 11.4 Å². The number of anilines is 2. The Hall–Kier alpha value is -2.41. The first-order valence-electron chi connectivity index (χ1n) is 8.92. The topological polar surface area (TPSA) is 49.4 Å². The molecule has 7 heteroatoms. The molecule has 1 fully saturated rings. The lowest BCUT2D eigenvalue weighted by Gasteiger charge is -2.25. The highest BCUT2D eigenvalue weighted by atomic mass is 32.2. The summed E-state index contributed by atoms with van der Waals surface area (Å²) < 4.78 is 27.4. The van der Waals surface area contributed by atoms with Crippen molar-refractivity contribution in [2.75, 3.05) is 16.0 Å². The number of amides is 2. The van der Waals surface area contributed by atoms with E-state index in [1.54, 1.807) is 24.3 Å². The second-order valence-electron chi connectivity index (χ2n) is 7.93. The number of hydrogen-bond acceptors (Lipinski definition) is 3. The van der Waals surface area contributed by atoms with Gasteiger partial charge in [0, 0.05) is 18.2 Å². The molecule has 0 saturated carbocycles. The average molecular weight is 404 g/mol. The third kappa shape index (κ3) is 4.70. The van der Waals surface area contributed by atoms with Crippen LogP contribution >= 0.6 is 11.8 Å². The Bertz CT molecular complexity index is 894. The van der Waals surface area contributed by atoms with E-state index in [1.165, 1.54) is 22.7 Å². The average Bonchev–Trinajstić information content (AvgIpc) is 2.95. The number of nitrogens with one attached hydrogen (secondary N) is 1. The number of hydrogen-bond donors (Lipinski definition) is 1. The van der Waals surface area contributed by atoms with Crippen molar-refractivity contribution in [3.63, 3.8) is 0 Å². The van der Waals surface area contributed by atoms with E-state index in [1.807, 2.05) is 20.8 Å². The molecular formula is C21H22F2N2O2S. The number of carbonyl (C=O) groups excluding carboxylic acids is 2. The molecule has 148 valence electrons. The van der Waals surface area contributed by atoms with E-state index in [0.29, 0.717) is 12.1 Å². The Morgan fingerprint density at radius 1 is 1.18 bits per heavy atom. The van der Waals surface area contributed by atoms with Crippen molar-refractivity contribution in [1.82, 2.24) is 0 Å². The first-order valence-corrected chi connectivity index (χ1v) is 9.97. The van der Waals surface area contributed by atoms with Crippen molar-refractivity contribution < 1.29 is 18.4 Å². The molecule has 1 saturated heterocycles. The molecule has 2 amide bonds. The van der Waals surface area contributed by atoms with Crippen LogP contribution in [0.2, 0.25) is 0 Å². The Labute approximate surface area is 167 Å². The van der Waals surface area contributed by atoms with Gasteiger partial charge in [-0.1, -0.05) is 32.9 Å². The van der Waals surface area contributed by atoms with E-state index in [4.69, 9.17) is 0 Å². The minimum absolute atomic E-state index is 0.0592. The second kappa shape index (κ2) is 7.91. The summed E-state index contributed by atoms with van der Waals surface area (Å²) in [5, 5.41) is 2.44. The summed E-state index contributed by atoms with van der Waals surface area (Å²) in [5.41, 5.74) is 1.41. The normalized spacial score (nSPS) is 17.1. The Kier molecular flexibility index (Phi) is 5.74. The van der Waals surface area contributed by atoms with Crippen molar-refractivity contribution in [1.29, 1.82) is 0 Å². The molecule has 4 nitrogen and oxygen atoms in total. The summed E-state index contributed by atoms with van der Waals surface area (Å²) in [7, 11) is 0. The zero-order chi connectivity index (χ0) is 20.5. The lowest BCUT2D eigenvalue weighted by molar-refractivity contribution is -0.118. The van der Waals surface area contributed by atoms with E-state index in [0.717, 1.165) is 17.7 Å². The lowest BCUT2D eigenvalue weighted by atomic mass is 9.92. The van der Waals surface area contributed by atoms with Crippen LogP contribution < -0.4 is 10.2 Å². The van der Waals surface area contributed by atoms with Gasteiger partial charge in [0.1, 0.15) is 17.0 Å². The molecule has 28 heavy (non-hydrogen) atoms. The second-order valence-corrected chi connectivity index (χ2v) is 9.00. The van der Waals surface area contributed by atoms with Gasteiger partial charge in [-0.15, -0.1) is 11.8 Å². The van der Waals surface area contributed by atoms with Crippen molar-refractivity contribution >= 4 is 35.0 Å². The van der Waals surface area contributed by atoms with Crippen LogP contribution in [-0.4, -0.2) is 17.6 Å². The van der Waals surface area contributed by atoms with Crippen LogP contribution in [0.5, 0.6) is 0 Å². The van der Waals surface area contributed by atoms with Crippen LogP contribution in [0.1, 0.15) is 38.1 Å². The smallest absolute Gasteiger partial charge is 0.238 e. The Morgan fingerprint density at radius 3 is 2.46 bits per heavy atom. The van der Waals surface area contributed by atoms with Gasteiger partial charge in [0.25, 0.3) is 0 Å². The van der Waals surface area contributed by atoms with E-state index >= 15 is 0 Å². The first kappa shape index (κ1) is 20.3. The summed E-state index contributed by atoms with van der Waals surface area (Å²) in [4.78, 5) is 25.8. The molecule has 2 aromatic carbocycles. The third-order valence-corrected chi connectivity index (χ3v) is 5.42. The van der Waals surface area contributed by atoms with Crippen LogP contribution in [0.15, 0.2) is 42.5 Å². The fraction of sp³-hybridized carbons (Fsp3) is 0.333. The summed E-state index contributed by atoms with van der Waals surface area (Å²) in [6.07, 6.45) is 0.402. The molecule has 1 atom stereocenters. The van der Waals surface area contributed by atoms with Crippen molar-refractivity contribution in [3.8, 4) is 0 Å². The van der Waals surface area contributed by atoms with Gasteiger partial charge in [-0.05, 0) is 35.2 Å². The molecule has 0 aromatic heterocycles. The summed E-state index contributed by atoms with van der Waals surface area (Å²) in [5.74, 6) is -1.55. The molecule has 2 aromatic rings. The van der Waals surface area contributed by atoms with Crippen LogP contribution in [0, 0.1) is 17.0 Å². The van der Waals surface area contributed by atoms with Gasteiger partial charge in [0.2, 0.25) is 11.8 Å². The Morgan fingerprint density at radius 2 is 1.86 bits per heavy atom. The minimum atomic E-state index is -0.771. The molecule has 1 aliphatic heterocycles. The summed E-state index contributed by atoms with van der Waals surface area (Å²) in [6, 6.07) is 10.3. The molecule has 1 N–H and O–H groups in total. The van der Waals surface area contributed by atoms with Crippen molar-refractivity contribution in [2.45, 2.75) is 32.6 Å². The number of benzene rings is 2. The van der Waals surface area contributed by atoms with Crippen LogP contribution in [0.25, 0.3) is 0 Å². The van der Waals surface area contributed by atoms with Gasteiger partial charge in [0.15, 0.2) is 0 Å². The third-order valence-electron chi connectivity index (χ3n) is 4.21. The number of nitrogens with zero attached hydrogens (tertiary/aromatic N) is 1. The highest BCUT2D eigenvalue weighted by Gasteiger charge is 2.35. The predicted molar refractivity (Wildman–Crippen MR) is 108 cm³/mol. The SMILES string of the molecule is CC(C)(C)CC(=O)Nc1ccc([C@H]2SCC(=O)N2c2ccc(F)cc2F)cc1. The fourth-order valence-electron chi connectivity index (χ4n) is 3.03. The van der Waals surface area contributed by atoms with Crippen LogP contribution in [0.4, 0.5) is 20.2 Å². The zero-order valence-corrected chi connectivity index (χ0v) is 16.8. The summed E-state index contributed by atoms with van der Waals surface area (Å²) >= 11 is 1.38. The highest BCUT2D eigenvalue weighted by molar-refractivity contribution is 8.00. The minimum Gasteiger partial charge on any atom is -0.326 e. The molecule has 3 rings (SSSR count). The van der Waals surface area contributed by atoms with Gasteiger partial charge in [-0.2, -0.15) is 0 Å². The van der Waals surface area contributed by atoms with E-state index < -0.39 is 17.0 Å². The first-order chi connectivity index (χ1) is 13.1. The number of halogens is 2. The fourth-order valence-corrected chi connectivity index (χ4v) is 4.19. The van der Waals surface area contributed by atoms with E-state index in [2.05, 4.69) is 5.32 Å². The monoisotopic (exact) mass is 404 g/mol. The molecule has 1 heterocycles. The van der Waals surface area contributed by atoms with E-state index in [-0.39, 0.29) is 28.7 Å². The maximum atomic E-state index is 14.2. The number of rotatable bonds is 4. The molecule has 0 radical (unpaired) electrons. The van der Waals surface area contributed by atoms with Gasteiger partial charge in [-0.25, -0.2) is 8.78 Å².